The molecule has 4 amide bonds. The molecule has 340 valence electrons. The van der Waals surface area contributed by atoms with Crippen LogP contribution in [-0.4, -0.2) is 109 Å². The summed E-state index contributed by atoms with van der Waals surface area (Å²) in [4.78, 5) is 79.6. The second kappa shape index (κ2) is 19.1. The van der Waals surface area contributed by atoms with Gasteiger partial charge in [0, 0.05) is 43.9 Å². The number of esters is 1. The average molecular weight is 899 g/mol. The lowest BCUT2D eigenvalue weighted by molar-refractivity contribution is -0.164. The van der Waals surface area contributed by atoms with E-state index in [1.807, 2.05) is 81.4 Å². The van der Waals surface area contributed by atoms with Crippen LogP contribution in [0.4, 0.5) is 14.7 Å². The molecule has 64 heavy (non-hydrogen) atoms. The topological polar surface area (TPSA) is 230 Å². The SMILES string of the molecule is CC(C)(C)OC(=O)Nc1nc(C(=NOC2(C(=O)OC(c3ccccc3)c3ccccc3)CC2)C(=O)N[C@@H]2C(=O)N[C@@H]2Cn2ncc(CN3CCC(NC(=O)OC(C)(C)C)CC3)n2)cs1. The second-order valence-electron chi connectivity index (χ2n) is 18.0. The van der Waals surface area contributed by atoms with Crippen molar-refractivity contribution in [2.24, 2.45) is 5.16 Å². The summed E-state index contributed by atoms with van der Waals surface area (Å²) in [5.74, 6) is -1.91. The van der Waals surface area contributed by atoms with Crippen molar-refractivity contribution in [3.63, 3.8) is 0 Å². The number of nitrogens with zero attached hydrogens (tertiary/aromatic N) is 6. The molecule has 2 saturated heterocycles. The maximum absolute atomic E-state index is 14.1. The Morgan fingerprint density at radius 2 is 1.53 bits per heavy atom. The standard InChI is InChI=1S/C44H54N10O9S/c1-42(2,3)61-40(58)46-29-17-21-53(22-18-29)24-30-23-45-54(51-30)25-31-33(36(55)47-31)49-37(56)34(32-26-64-39(48-32)50-41(59)62-43(4,5)6)52-63-44(19-20-44)38(57)60-35(27-13-9-7-10-14-27)28-15-11-8-12-16-28/h7-16,23,26,29,31,33,35H,17-22,24-25H2,1-6H3,(H,46,58)(H,47,55)(H,49,56)(H,48,50,59)/t31-,33+/m1/s1. The van der Waals surface area contributed by atoms with E-state index in [0.29, 0.717) is 6.54 Å². The van der Waals surface area contributed by atoms with Crippen LogP contribution in [0.5, 0.6) is 0 Å². The molecule has 0 unspecified atom stereocenters. The molecule has 19 nitrogen and oxygen atoms in total. The predicted octanol–water partition coefficient (Wildman–Crippen LogP) is 4.84. The van der Waals surface area contributed by atoms with E-state index >= 15 is 0 Å². The van der Waals surface area contributed by atoms with Crippen molar-refractivity contribution in [2.45, 2.75) is 121 Å². The fraction of sp³-hybridized carbons (Fsp3) is 0.477. The van der Waals surface area contributed by atoms with Crippen molar-refractivity contribution in [3.8, 4) is 0 Å². The van der Waals surface area contributed by atoms with E-state index in [2.05, 4.69) is 46.5 Å². The third-order valence-corrected chi connectivity index (χ3v) is 11.1. The number of alkyl carbamates (subject to hydrolysis) is 1. The molecule has 2 aromatic carbocycles. The lowest BCUT2D eigenvalue weighted by Crippen LogP contribution is -2.70. The quantitative estimate of drug-likeness (QED) is 0.0412. The Morgan fingerprint density at radius 3 is 2.12 bits per heavy atom. The van der Waals surface area contributed by atoms with Crippen LogP contribution >= 0.6 is 11.3 Å². The first-order valence-electron chi connectivity index (χ1n) is 21.2. The molecule has 20 heteroatoms. The van der Waals surface area contributed by atoms with E-state index < -0.39 is 65.0 Å². The summed E-state index contributed by atoms with van der Waals surface area (Å²) in [5, 5.41) is 25.9. The first-order chi connectivity index (χ1) is 30.4. The molecule has 0 radical (unpaired) electrons. The van der Waals surface area contributed by atoms with Gasteiger partial charge in [0.05, 0.1) is 24.5 Å². The summed E-state index contributed by atoms with van der Waals surface area (Å²) >= 11 is 1.01. The number of nitrogens with one attached hydrogen (secondary N) is 4. The summed E-state index contributed by atoms with van der Waals surface area (Å²) < 4.78 is 16.8. The van der Waals surface area contributed by atoms with Crippen molar-refractivity contribution in [2.75, 3.05) is 18.4 Å². The Hall–Kier alpha value is -6.41. The summed E-state index contributed by atoms with van der Waals surface area (Å²) in [6, 6.07) is 17.1. The van der Waals surface area contributed by atoms with Crippen molar-refractivity contribution in [3.05, 3.63) is 94.8 Å². The molecule has 4 aromatic rings. The minimum Gasteiger partial charge on any atom is -0.450 e. The van der Waals surface area contributed by atoms with E-state index in [1.165, 1.54) is 10.2 Å². The van der Waals surface area contributed by atoms with Crippen LogP contribution in [0, 0.1) is 0 Å². The number of aromatic nitrogens is 4. The number of piperidine rings is 1. The highest BCUT2D eigenvalue weighted by atomic mass is 32.1. The number of hydrogen-bond acceptors (Lipinski definition) is 15. The highest BCUT2D eigenvalue weighted by Gasteiger charge is 2.56. The molecule has 4 heterocycles. The van der Waals surface area contributed by atoms with Gasteiger partial charge in [-0.05, 0) is 65.5 Å². The molecule has 3 fully saturated rings. The molecule has 1 saturated carbocycles. The van der Waals surface area contributed by atoms with Gasteiger partial charge in [-0.1, -0.05) is 65.8 Å². The Labute approximate surface area is 374 Å². The number of amides is 4. The second-order valence-corrected chi connectivity index (χ2v) is 18.8. The number of carbonyl (C=O) groups excluding carboxylic acids is 5. The number of hydrogen-bond donors (Lipinski definition) is 4. The largest absolute Gasteiger partial charge is 0.450 e. The van der Waals surface area contributed by atoms with Crippen molar-refractivity contribution < 1.29 is 43.0 Å². The molecular weight excluding hydrogens is 845 g/mol. The Kier molecular flexibility index (Phi) is 13.6. The number of oxime groups is 1. The number of benzene rings is 2. The number of carbonyl (C=O) groups is 5. The van der Waals surface area contributed by atoms with Gasteiger partial charge >= 0.3 is 18.2 Å². The average Bonchev–Trinajstić information content (AvgIpc) is 3.68. The molecule has 4 N–H and O–H groups in total. The summed E-state index contributed by atoms with van der Waals surface area (Å²) in [6.07, 6.45) is 1.83. The van der Waals surface area contributed by atoms with E-state index in [-0.39, 0.29) is 42.0 Å². The van der Waals surface area contributed by atoms with Gasteiger partial charge in [-0.25, -0.2) is 19.4 Å². The number of thiazole rings is 1. The fourth-order valence-corrected chi connectivity index (χ4v) is 7.67. The zero-order valence-electron chi connectivity index (χ0n) is 36.7. The Morgan fingerprint density at radius 1 is 0.906 bits per heavy atom. The summed E-state index contributed by atoms with van der Waals surface area (Å²) in [7, 11) is 0. The number of ether oxygens (including phenoxy) is 3. The first-order valence-corrected chi connectivity index (χ1v) is 22.1. The minimum atomic E-state index is -1.48. The third-order valence-electron chi connectivity index (χ3n) is 10.3. The van der Waals surface area contributed by atoms with Crippen LogP contribution in [0.15, 0.2) is 77.4 Å². The lowest BCUT2D eigenvalue weighted by atomic mass is 9.98. The van der Waals surface area contributed by atoms with Crippen LogP contribution in [0.1, 0.15) is 95.8 Å². The lowest BCUT2D eigenvalue weighted by Gasteiger charge is -2.36. The Bertz CT molecular complexity index is 2290. The highest BCUT2D eigenvalue weighted by Crippen LogP contribution is 2.43. The van der Waals surface area contributed by atoms with Gasteiger partial charge in [-0.3, -0.25) is 19.8 Å². The molecule has 0 bridgehead atoms. The van der Waals surface area contributed by atoms with Gasteiger partial charge in [0.1, 0.15) is 22.9 Å². The van der Waals surface area contributed by atoms with Gasteiger partial charge in [0.15, 0.2) is 16.9 Å². The zero-order chi connectivity index (χ0) is 45.6. The van der Waals surface area contributed by atoms with E-state index in [4.69, 9.17) is 19.0 Å². The minimum absolute atomic E-state index is 0.0171. The maximum Gasteiger partial charge on any atom is 0.413 e. The van der Waals surface area contributed by atoms with Gasteiger partial charge in [0.25, 0.3) is 5.91 Å². The summed E-state index contributed by atoms with van der Waals surface area (Å²) in [6.45, 7) is 12.8. The Balaban J connectivity index is 1.01. The summed E-state index contributed by atoms with van der Waals surface area (Å²) in [5.41, 5.74) is -0.893. The molecule has 3 aliphatic rings. The number of β-lactam (4-membered cyclic amide) rings is 1. The highest BCUT2D eigenvalue weighted by molar-refractivity contribution is 7.14. The first kappa shape index (κ1) is 45.6. The van der Waals surface area contributed by atoms with Gasteiger partial charge < -0.3 is 35.0 Å². The fourth-order valence-electron chi connectivity index (χ4n) is 6.99. The van der Waals surface area contributed by atoms with Crippen molar-refractivity contribution >= 4 is 52.2 Å². The maximum atomic E-state index is 14.1. The van der Waals surface area contributed by atoms with Gasteiger partial charge in [-0.15, -0.1) is 11.3 Å². The molecular formula is C44H54N10O9S. The van der Waals surface area contributed by atoms with Crippen LogP contribution < -0.4 is 21.3 Å². The van der Waals surface area contributed by atoms with Gasteiger partial charge in [-0.2, -0.15) is 15.0 Å². The van der Waals surface area contributed by atoms with Crippen LogP contribution in [-0.2, 0) is 46.5 Å². The molecule has 2 aromatic heterocycles. The van der Waals surface area contributed by atoms with Gasteiger partial charge in [0.2, 0.25) is 11.5 Å². The number of rotatable bonds is 15. The predicted molar refractivity (Wildman–Crippen MR) is 234 cm³/mol. The number of likely N-dealkylation sites (tertiary alicyclic amines) is 1. The van der Waals surface area contributed by atoms with Crippen LogP contribution in [0.3, 0.4) is 0 Å². The third kappa shape index (κ3) is 12.2. The molecule has 1 aliphatic carbocycles. The van der Waals surface area contributed by atoms with Crippen LogP contribution in [0.25, 0.3) is 0 Å². The smallest absolute Gasteiger partial charge is 0.413 e. The molecule has 2 aliphatic heterocycles. The van der Waals surface area contributed by atoms with E-state index in [1.54, 1.807) is 27.0 Å². The monoisotopic (exact) mass is 898 g/mol. The van der Waals surface area contributed by atoms with Crippen molar-refractivity contribution in [1.29, 1.82) is 0 Å². The van der Waals surface area contributed by atoms with Crippen LogP contribution in [0.2, 0.25) is 0 Å². The van der Waals surface area contributed by atoms with Crippen molar-refractivity contribution in [1.82, 2.24) is 40.8 Å². The van der Waals surface area contributed by atoms with E-state index in [9.17, 15) is 24.0 Å². The zero-order valence-corrected chi connectivity index (χ0v) is 37.5. The molecule has 2 atom stereocenters. The molecule has 0 spiro atoms. The number of anilines is 1. The molecule has 7 rings (SSSR count). The normalized spacial score (nSPS) is 18.9. The van der Waals surface area contributed by atoms with E-state index in [0.717, 1.165) is 54.1 Å².